The number of thioether (sulfide) groups is 1. The Morgan fingerprint density at radius 1 is 1.06 bits per heavy atom. The van der Waals surface area contributed by atoms with E-state index in [1.807, 2.05) is 65.1 Å². The van der Waals surface area contributed by atoms with E-state index < -0.39 is 0 Å². The summed E-state index contributed by atoms with van der Waals surface area (Å²) in [7, 11) is 1.83. The number of anilines is 1. The zero-order chi connectivity index (χ0) is 22.5. The summed E-state index contributed by atoms with van der Waals surface area (Å²) in [5.74, 6) is 0.568. The maximum atomic E-state index is 12.6. The van der Waals surface area contributed by atoms with E-state index in [1.54, 1.807) is 10.6 Å². The summed E-state index contributed by atoms with van der Waals surface area (Å²) in [6.45, 7) is 7.76. The molecule has 0 aliphatic carbocycles. The van der Waals surface area contributed by atoms with E-state index in [1.165, 1.54) is 11.8 Å². The van der Waals surface area contributed by atoms with E-state index in [-0.39, 0.29) is 23.6 Å². The number of hydrogen-bond acceptors (Lipinski definition) is 5. The third-order valence-electron chi connectivity index (χ3n) is 4.83. The van der Waals surface area contributed by atoms with Crippen LogP contribution in [0.5, 0.6) is 0 Å². The molecule has 0 aliphatic rings. The molecule has 7 nitrogen and oxygen atoms in total. The molecule has 0 fully saturated rings. The van der Waals surface area contributed by atoms with Crippen LogP contribution >= 0.6 is 11.8 Å². The maximum absolute atomic E-state index is 12.6. The third kappa shape index (κ3) is 5.73. The molecular formula is C23H27N5O2S. The van der Waals surface area contributed by atoms with Crippen molar-refractivity contribution in [2.24, 2.45) is 7.05 Å². The minimum Gasteiger partial charge on any atom is -0.342 e. The Morgan fingerprint density at radius 2 is 1.74 bits per heavy atom. The average Bonchev–Trinajstić information content (AvgIpc) is 3.06. The van der Waals surface area contributed by atoms with E-state index in [4.69, 9.17) is 0 Å². The lowest BCUT2D eigenvalue weighted by molar-refractivity contribution is -0.113. The predicted octanol–water partition coefficient (Wildman–Crippen LogP) is 3.96. The average molecular weight is 438 g/mol. The van der Waals surface area contributed by atoms with Crippen LogP contribution in [0.25, 0.3) is 0 Å². The Balaban J connectivity index is 1.59. The SMILES string of the molecule is Cc1cc(C)cc(NC(=O)CSc2nnc([C@@H](C)NC(=O)c3ccccc3C)n2C)c1. The molecule has 1 aromatic heterocycles. The molecule has 3 aromatic rings. The molecular weight excluding hydrogens is 410 g/mol. The largest absolute Gasteiger partial charge is 0.342 e. The molecule has 0 spiro atoms. The van der Waals surface area contributed by atoms with E-state index in [0.29, 0.717) is 16.5 Å². The highest BCUT2D eigenvalue weighted by molar-refractivity contribution is 7.99. The van der Waals surface area contributed by atoms with E-state index in [2.05, 4.69) is 26.9 Å². The van der Waals surface area contributed by atoms with Crippen molar-refractivity contribution in [3.63, 3.8) is 0 Å². The van der Waals surface area contributed by atoms with Gasteiger partial charge in [-0.25, -0.2) is 0 Å². The van der Waals surface area contributed by atoms with Crippen LogP contribution in [0.15, 0.2) is 47.6 Å². The quantitative estimate of drug-likeness (QED) is 0.546. The monoisotopic (exact) mass is 437 g/mol. The molecule has 8 heteroatoms. The first-order chi connectivity index (χ1) is 14.7. The third-order valence-corrected chi connectivity index (χ3v) is 5.85. The molecule has 2 N–H and O–H groups in total. The molecule has 0 aliphatic heterocycles. The van der Waals surface area contributed by atoms with Crippen LogP contribution in [0.4, 0.5) is 5.69 Å². The summed E-state index contributed by atoms with van der Waals surface area (Å²) >= 11 is 1.30. The highest BCUT2D eigenvalue weighted by atomic mass is 32.2. The second kappa shape index (κ2) is 9.78. The number of carbonyl (C=O) groups excluding carboxylic acids is 2. The fourth-order valence-electron chi connectivity index (χ4n) is 3.37. The number of nitrogens with one attached hydrogen (secondary N) is 2. The molecule has 0 bridgehead atoms. The number of aromatic nitrogens is 3. The van der Waals surface area contributed by atoms with Gasteiger partial charge in [-0.15, -0.1) is 10.2 Å². The van der Waals surface area contributed by atoms with Crippen molar-refractivity contribution in [1.29, 1.82) is 0 Å². The number of aryl methyl sites for hydroxylation is 3. The normalized spacial score (nSPS) is 11.8. The van der Waals surface area contributed by atoms with Crippen molar-refractivity contribution in [3.05, 3.63) is 70.5 Å². The summed E-state index contributed by atoms with van der Waals surface area (Å²) < 4.78 is 1.80. The minimum atomic E-state index is -0.331. The van der Waals surface area contributed by atoms with Gasteiger partial charge in [0.15, 0.2) is 11.0 Å². The molecule has 1 heterocycles. The molecule has 1 atom stereocenters. The molecule has 0 saturated heterocycles. The highest BCUT2D eigenvalue weighted by Gasteiger charge is 2.19. The van der Waals surface area contributed by atoms with Crippen LogP contribution in [0, 0.1) is 20.8 Å². The van der Waals surface area contributed by atoms with Gasteiger partial charge in [0, 0.05) is 18.3 Å². The second-order valence-corrected chi connectivity index (χ2v) is 8.57. The van der Waals surface area contributed by atoms with Crippen molar-refractivity contribution in [3.8, 4) is 0 Å². The molecule has 0 unspecified atom stereocenters. The predicted molar refractivity (Wildman–Crippen MR) is 123 cm³/mol. The lowest BCUT2D eigenvalue weighted by Crippen LogP contribution is -2.29. The summed E-state index contributed by atoms with van der Waals surface area (Å²) in [6, 6.07) is 13.0. The summed E-state index contributed by atoms with van der Waals surface area (Å²) in [5.41, 5.74) is 4.53. The fraction of sp³-hybridized carbons (Fsp3) is 0.304. The zero-order valence-electron chi connectivity index (χ0n) is 18.4. The molecule has 0 saturated carbocycles. The van der Waals surface area contributed by atoms with Gasteiger partial charge in [-0.1, -0.05) is 36.0 Å². The number of benzene rings is 2. The topological polar surface area (TPSA) is 88.9 Å². The van der Waals surface area contributed by atoms with Gasteiger partial charge in [-0.2, -0.15) is 0 Å². The Labute approximate surface area is 186 Å². The zero-order valence-corrected chi connectivity index (χ0v) is 19.2. The summed E-state index contributed by atoms with van der Waals surface area (Å²) in [5, 5.41) is 14.9. The van der Waals surface area contributed by atoms with Gasteiger partial charge in [0.05, 0.1) is 11.8 Å². The standard InChI is InChI=1S/C23H27N5O2S/c1-14-10-15(2)12-18(11-14)25-20(29)13-31-23-27-26-21(28(23)5)17(4)24-22(30)19-9-7-6-8-16(19)3/h6-12,17H,13H2,1-5H3,(H,24,30)(H,25,29)/t17-/m1/s1. The Morgan fingerprint density at radius 3 is 2.42 bits per heavy atom. The Hall–Kier alpha value is -3.13. The van der Waals surface area contributed by atoms with Crippen molar-refractivity contribution >= 4 is 29.3 Å². The van der Waals surface area contributed by atoms with Gasteiger partial charge in [-0.05, 0) is 62.6 Å². The molecule has 0 radical (unpaired) electrons. The molecule has 2 amide bonds. The van der Waals surface area contributed by atoms with Crippen molar-refractivity contribution < 1.29 is 9.59 Å². The number of hydrogen-bond donors (Lipinski definition) is 2. The Kier molecular flexibility index (Phi) is 7.12. The van der Waals surface area contributed by atoms with Gasteiger partial charge in [0.25, 0.3) is 5.91 Å². The molecule has 2 aromatic carbocycles. The van der Waals surface area contributed by atoms with Crippen LogP contribution in [-0.4, -0.2) is 32.3 Å². The number of rotatable bonds is 7. The molecule has 31 heavy (non-hydrogen) atoms. The van der Waals surface area contributed by atoms with Gasteiger partial charge in [0.1, 0.15) is 0 Å². The number of carbonyl (C=O) groups is 2. The first-order valence-corrected chi connectivity index (χ1v) is 11.0. The molecule has 162 valence electrons. The minimum absolute atomic E-state index is 0.111. The number of nitrogens with zero attached hydrogens (tertiary/aromatic N) is 3. The second-order valence-electron chi connectivity index (χ2n) is 7.62. The van der Waals surface area contributed by atoms with E-state index in [9.17, 15) is 9.59 Å². The van der Waals surface area contributed by atoms with Gasteiger partial charge >= 0.3 is 0 Å². The summed E-state index contributed by atoms with van der Waals surface area (Å²) in [6.07, 6.45) is 0. The lowest BCUT2D eigenvalue weighted by Gasteiger charge is -2.14. The van der Waals surface area contributed by atoms with Gasteiger partial charge in [0.2, 0.25) is 5.91 Å². The van der Waals surface area contributed by atoms with Crippen molar-refractivity contribution in [2.45, 2.75) is 38.9 Å². The van der Waals surface area contributed by atoms with Crippen LogP contribution in [-0.2, 0) is 11.8 Å². The first-order valence-electron chi connectivity index (χ1n) is 10.0. The maximum Gasteiger partial charge on any atom is 0.252 e. The van der Waals surface area contributed by atoms with Crippen molar-refractivity contribution in [1.82, 2.24) is 20.1 Å². The van der Waals surface area contributed by atoms with E-state index >= 15 is 0 Å². The lowest BCUT2D eigenvalue weighted by atomic mass is 10.1. The first kappa shape index (κ1) is 22.6. The summed E-state index contributed by atoms with van der Waals surface area (Å²) in [4.78, 5) is 24.9. The number of amides is 2. The Bertz CT molecular complexity index is 1090. The highest BCUT2D eigenvalue weighted by Crippen LogP contribution is 2.20. The fourth-order valence-corrected chi connectivity index (χ4v) is 4.09. The van der Waals surface area contributed by atoms with Gasteiger partial charge in [-0.3, -0.25) is 9.59 Å². The van der Waals surface area contributed by atoms with Crippen LogP contribution < -0.4 is 10.6 Å². The van der Waals surface area contributed by atoms with Crippen LogP contribution in [0.1, 0.15) is 45.8 Å². The van der Waals surface area contributed by atoms with Crippen LogP contribution in [0.3, 0.4) is 0 Å². The van der Waals surface area contributed by atoms with E-state index in [0.717, 1.165) is 22.4 Å². The van der Waals surface area contributed by atoms with Crippen LogP contribution in [0.2, 0.25) is 0 Å². The van der Waals surface area contributed by atoms with Crippen molar-refractivity contribution in [2.75, 3.05) is 11.1 Å². The molecule has 3 rings (SSSR count). The smallest absolute Gasteiger partial charge is 0.252 e. The van der Waals surface area contributed by atoms with Gasteiger partial charge < -0.3 is 15.2 Å².